The lowest BCUT2D eigenvalue weighted by Gasteiger charge is -2.20. The molecule has 1 fully saturated rings. The summed E-state index contributed by atoms with van der Waals surface area (Å²) in [7, 11) is 0. The third-order valence-corrected chi connectivity index (χ3v) is 2.91. The number of carbonyl (C=O) groups is 3. The van der Waals surface area contributed by atoms with E-state index in [0.717, 1.165) is 0 Å². The maximum absolute atomic E-state index is 11.8. The highest BCUT2D eigenvalue weighted by molar-refractivity contribution is 5.96. The zero-order chi connectivity index (χ0) is 14.8. The highest BCUT2D eigenvalue weighted by Gasteiger charge is 2.58. The molecule has 2 rings (SSSR count). The van der Waals surface area contributed by atoms with Crippen LogP contribution in [0.25, 0.3) is 0 Å². The minimum atomic E-state index is -2.58. The minimum absolute atomic E-state index is 0.108. The molecule has 1 aliphatic rings. The van der Waals surface area contributed by atoms with Crippen LogP contribution in [0.15, 0.2) is 30.3 Å². The Morgan fingerprint density at radius 3 is 2.60 bits per heavy atom. The maximum atomic E-state index is 11.8. The molecule has 106 valence electrons. The molecule has 0 aliphatic carbocycles. The van der Waals surface area contributed by atoms with Gasteiger partial charge in [-0.1, -0.05) is 30.3 Å². The summed E-state index contributed by atoms with van der Waals surface area (Å²) < 4.78 is 9.41. The van der Waals surface area contributed by atoms with Gasteiger partial charge in [0, 0.05) is 0 Å². The number of aliphatic hydroxyl groups is 1. The first-order chi connectivity index (χ1) is 9.43. The standard InChI is InChI=1S/C13H12O7/c14-9-6-13(18,12(16)17)10(20-9)11(15)19-7-8-4-2-1-3-5-8/h1-5,10,18H,6-7H2,(H,16,17)/t10-,13-/m1/s1. The number of hydrogen-bond donors (Lipinski definition) is 2. The summed E-state index contributed by atoms with van der Waals surface area (Å²) in [5.41, 5.74) is -1.89. The molecule has 7 nitrogen and oxygen atoms in total. The van der Waals surface area contributed by atoms with Crippen LogP contribution in [-0.4, -0.2) is 39.8 Å². The van der Waals surface area contributed by atoms with Crippen LogP contribution in [0, 0.1) is 0 Å². The molecule has 1 aromatic rings. The highest BCUT2D eigenvalue weighted by Crippen LogP contribution is 2.28. The van der Waals surface area contributed by atoms with E-state index in [1.54, 1.807) is 30.3 Å². The summed E-state index contributed by atoms with van der Waals surface area (Å²) in [6.07, 6.45) is -2.64. The van der Waals surface area contributed by atoms with Crippen LogP contribution >= 0.6 is 0 Å². The molecule has 20 heavy (non-hydrogen) atoms. The number of ether oxygens (including phenoxy) is 2. The third-order valence-electron chi connectivity index (χ3n) is 2.91. The Kier molecular flexibility index (Phi) is 3.71. The number of carboxylic acid groups (broad SMARTS) is 1. The molecule has 0 aromatic heterocycles. The summed E-state index contributed by atoms with van der Waals surface area (Å²) >= 11 is 0. The molecular formula is C13H12O7. The van der Waals surface area contributed by atoms with Crippen LogP contribution in [-0.2, 0) is 30.5 Å². The lowest BCUT2D eigenvalue weighted by atomic mass is 9.96. The molecule has 0 amide bonds. The molecule has 2 atom stereocenters. The predicted molar refractivity (Wildman–Crippen MR) is 63.3 cm³/mol. The second-order valence-corrected chi connectivity index (χ2v) is 4.37. The zero-order valence-corrected chi connectivity index (χ0v) is 10.3. The van der Waals surface area contributed by atoms with Gasteiger partial charge in [0.15, 0.2) is 0 Å². The second kappa shape index (κ2) is 5.30. The number of esters is 2. The van der Waals surface area contributed by atoms with E-state index < -0.39 is 36.0 Å². The Balaban J connectivity index is 2.05. The molecule has 1 heterocycles. The summed E-state index contributed by atoms with van der Waals surface area (Å²) in [6, 6.07) is 8.68. The van der Waals surface area contributed by atoms with Crippen LogP contribution in [0.2, 0.25) is 0 Å². The third kappa shape index (κ3) is 2.62. The number of hydrogen-bond acceptors (Lipinski definition) is 6. The Morgan fingerprint density at radius 1 is 1.35 bits per heavy atom. The van der Waals surface area contributed by atoms with Crippen molar-refractivity contribution in [3.63, 3.8) is 0 Å². The van der Waals surface area contributed by atoms with E-state index in [9.17, 15) is 19.5 Å². The topological polar surface area (TPSA) is 110 Å². The Morgan fingerprint density at radius 2 is 2.00 bits per heavy atom. The largest absolute Gasteiger partial charge is 0.479 e. The van der Waals surface area contributed by atoms with Crippen molar-refractivity contribution in [1.82, 2.24) is 0 Å². The van der Waals surface area contributed by atoms with Crippen LogP contribution in [0.3, 0.4) is 0 Å². The molecule has 2 N–H and O–H groups in total. The lowest BCUT2D eigenvalue weighted by molar-refractivity contribution is -0.180. The Hall–Kier alpha value is -2.41. The Bertz CT molecular complexity index is 539. The average Bonchev–Trinajstić information content (AvgIpc) is 2.74. The lowest BCUT2D eigenvalue weighted by Crippen LogP contribution is -2.50. The first-order valence-electron chi connectivity index (χ1n) is 5.79. The molecule has 0 unspecified atom stereocenters. The van der Waals surface area contributed by atoms with Gasteiger partial charge in [-0.3, -0.25) is 4.79 Å². The summed E-state index contributed by atoms with van der Waals surface area (Å²) in [5, 5.41) is 18.7. The number of aliphatic carboxylic acids is 1. The molecule has 7 heteroatoms. The van der Waals surface area contributed by atoms with Crippen molar-refractivity contribution in [2.75, 3.05) is 0 Å². The van der Waals surface area contributed by atoms with Crippen molar-refractivity contribution >= 4 is 17.9 Å². The number of carbonyl (C=O) groups excluding carboxylic acids is 2. The van der Waals surface area contributed by atoms with Gasteiger partial charge in [0.25, 0.3) is 0 Å². The van der Waals surface area contributed by atoms with Gasteiger partial charge in [0.05, 0.1) is 6.42 Å². The van der Waals surface area contributed by atoms with Gasteiger partial charge < -0.3 is 19.7 Å². The fourth-order valence-electron chi connectivity index (χ4n) is 1.82. The highest BCUT2D eigenvalue weighted by atomic mass is 16.6. The van der Waals surface area contributed by atoms with E-state index in [1.165, 1.54) is 0 Å². The smallest absolute Gasteiger partial charge is 0.351 e. The SMILES string of the molecule is O=C1C[C@](O)(C(=O)O)[C@@H](C(=O)OCc2ccccc2)O1. The monoisotopic (exact) mass is 280 g/mol. The van der Waals surface area contributed by atoms with Crippen LogP contribution in [0.4, 0.5) is 0 Å². The van der Waals surface area contributed by atoms with Crippen molar-refractivity contribution in [1.29, 1.82) is 0 Å². The van der Waals surface area contributed by atoms with Crippen molar-refractivity contribution in [3.05, 3.63) is 35.9 Å². The molecule has 0 bridgehead atoms. The van der Waals surface area contributed by atoms with Gasteiger partial charge in [-0.05, 0) is 5.56 Å². The normalized spacial score (nSPS) is 25.1. The van der Waals surface area contributed by atoms with E-state index in [4.69, 9.17) is 9.84 Å². The average molecular weight is 280 g/mol. The van der Waals surface area contributed by atoms with Gasteiger partial charge in [-0.2, -0.15) is 0 Å². The van der Waals surface area contributed by atoms with Crippen LogP contribution in [0.5, 0.6) is 0 Å². The molecule has 1 aromatic carbocycles. The van der Waals surface area contributed by atoms with Crippen LogP contribution < -0.4 is 0 Å². The van der Waals surface area contributed by atoms with E-state index in [2.05, 4.69) is 4.74 Å². The first-order valence-corrected chi connectivity index (χ1v) is 5.79. The van der Waals surface area contributed by atoms with E-state index in [-0.39, 0.29) is 6.61 Å². The van der Waals surface area contributed by atoms with Gasteiger partial charge in [-0.25, -0.2) is 9.59 Å². The minimum Gasteiger partial charge on any atom is -0.479 e. The van der Waals surface area contributed by atoms with E-state index in [1.807, 2.05) is 0 Å². The fourth-order valence-corrected chi connectivity index (χ4v) is 1.82. The second-order valence-electron chi connectivity index (χ2n) is 4.37. The summed E-state index contributed by atoms with van der Waals surface area (Å²) in [6.45, 7) is -0.108. The molecule has 0 saturated carbocycles. The number of carboxylic acids is 1. The molecule has 0 spiro atoms. The quantitative estimate of drug-likeness (QED) is 0.738. The van der Waals surface area contributed by atoms with Gasteiger partial charge in [-0.15, -0.1) is 0 Å². The van der Waals surface area contributed by atoms with Crippen molar-refractivity contribution < 1.29 is 34.1 Å². The van der Waals surface area contributed by atoms with Gasteiger partial charge in [0.1, 0.15) is 6.61 Å². The molecule has 1 saturated heterocycles. The van der Waals surface area contributed by atoms with Gasteiger partial charge >= 0.3 is 17.9 Å². The van der Waals surface area contributed by atoms with Crippen molar-refractivity contribution in [2.45, 2.75) is 24.7 Å². The molecule has 1 aliphatic heterocycles. The maximum Gasteiger partial charge on any atom is 0.351 e. The number of benzene rings is 1. The summed E-state index contributed by atoms with van der Waals surface area (Å²) in [5.74, 6) is -3.76. The number of rotatable bonds is 4. The predicted octanol–water partition coefficient (Wildman–Crippen LogP) is -0.139. The zero-order valence-electron chi connectivity index (χ0n) is 10.3. The number of cyclic esters (lactones) is 1. The summed E-state index contributed by atoms with van der Waals surface area (Å²) in [4.78, 5) is 33.8. The molecule has 0 radical (unpaired) electrons. The van der Waals surface area contributed by atoms with Crippen molar-refractivity contribution in [3.8, 4) is 0 Å². The van der Waals surface area contributed by atoms with E-state index >= 15 is 0 Å². The van der Waals surface area contributed by atoms with Crippen LogP contribution in [0.1, 0.15) is 12.0 Å². The van der Waals surface area contributed by atoms with Crippen molar-refractivity contribution in [2.24, 2.45) is 0 Å². The van der Waals surface area contributed by atoms with E-state index in [0.29, 0.717) is 5.56 Å². The molecular weight excluding hydrogens is 268 g/mol. The van der Waals surface area contributed by atoms with Gasteiger partial charge in [0.2, 0.25) is 11.7 Å². The fraction of sp³-hybridized carbons (Fsp3) is 0.308. The first kappa shape index (κ1) is 14.0. The Labute approximate surface area is 113 Å².